The normalized spacial score (nSPS) is 19.2. The SMILES string of the molecule is C#CC(O)/C=C/CC1=CCCC1. The lowest BCUT2D eigenvalue weighted by atomic mass is 10.1. The molecule has 12 heavy (non-hydrogen) atoms. The maximum absolute atomic E-state index is 8.99. The summed E-state index contributed by atoms with van der Waals surface area (Å²) in [5.74, 6) is 2.24. The second kappa shape index (κ2) is 4.79. The molecule has 0 heterocycles. The molecule has 1 aliphatic rings. The minimum atomic E-state index is -0.716. The molecule has 0 radical (unpaired) electrons. The Morgan fingerprint density at radius 2 is 2.58 bits per heavy atom. The topological polar surface area (TPSA) is 20.2 Å². The summed E-state index contributed by atoms with van der Waals surface area (Å²) in [7, 11) is 0. The lowest BCUT2D eigenvalue weighted by Crippen LogP contribution is -1.95. The minimum Gasteiger partial charge on any atom is -0.377 e. The Balaban J connectivity index is 2.25. The first-order valence-corrected chi connectivity index (χ1v) is 4.31. The van der Waals surface area contributed by atoms with Crippen molar-refractivity contribution in [1.29, 1.82) is 0 Å². The van der Waals surface area contributed by atoms with E-state index in [1.54, 1.807) is 6.08 Å². The Bertz CT molecular complexity index is 230. The molecule has 1 unspecified atom stereocenters. The van der Waals surface area contributed by atoms with E-state index >= 15 is 0 Å². The largest absolute Gasteiger partial charge is 0.377 e. The third-order valence-electron chi connectivity index (χ3n) is 2.00. The van der Waals surface area contributed by atoms with Gasteiger partial charge < -0.3 is 5.11 Å². The highest BCUT2D eigenvalue weighted by molar-refractivity contribution is 5.14. The summed E-state index contributed by atoms with van der Waals surface area (Å²) in [5.41, 5.74) is 1.47. The van der Waals surface area contributed by atoms with Crippen LogP contribution in [0.1, 0.15) is 25.7 Å². The highest BCUT2D eigenvalue weighted by atomic mass is 16.3. The number of aliphatic hydroxyl groups is 1. The zero-order valence-corrected chi connectivity index (χ0v) is 7.16. The Labute approximate surface area is 73.8 Å². The van der Waals surface area contributed by atoms with Crippen LogP contribution in [0.15, 0.2) is 23.8 Å². The first-order valence-electron chi connectivity index (χ1n) is 4.31. The quantitative estimate of drug-likeness (QED) is 0.497. The van der Waals surface area contributed by atoms with Crippen molar-refractivity contribution < 1.29 is 5.11 Å². The summed E-state index contributed by atoms with van der Waals surface area (Å²) < 4.78 is 0. The average Bonchev–Trinajstić information content (AvgIpc) is 2.57. The van der Waals surface area contributed by atoms with E-state index in [1.165, 1.54) is 24.8 Å². The van der Waals surface area contributed by atoms with Gasteiger partial charge in [0.25, 0.3) is 0 Å². The zero-order chi connectivity index (χ0) is 8.81. The van der Waals surface area contributed by atoms with Crippen molar-refractivity contribution >= 4 is 0 Å². The Morgan fingerprint density at radius 1 is 1.75 bits per heavy atom. The van der Waals surface area contributed by atoms with Crippen LogP contribution in [-0.2, 0) is 0 Å². The van der Waals surface area contributed by atoms with Crippen molar-refractivity contribution in [3.63, 3.8) is 0 Å². The van der Waals surface area contributed by atoms with E-state index in [4.69, 9.17) is 11.5 Å². The van der Waals surface area contributed by atoms with E-state index in [0.29, 0.717) is 0 Å². The van der Waals surface area contributed by atoms with Crippen LogP contribution in [0.2, 0.25) is 0 Å². The number of aliphatic hydroxyl groups excluding tert-OH is 1. The van der Waals surface area contributed by atoms with Crippen molar-refractivity contribution in [2.24, 2.45) is 0 Å². The first kappa shape index (κ1) is 9.09. The van der Waals surface area contributed by atoms with Crippen LogP contribution in [0.3, 0.4) is 0 Å². The highest BCUT2D eigenvalue weighted by Crippen LogP contribution is 2.20. The molecule has 1 aliphatic carbocycles. The molecule has 0 spiro atoms. The van der Waals surface area contributed by atoms with Gasteiger partial charge in [-0.3, -0.25) is 0 Å². The molecule has 0 aliphatic heterocycles. The van der Waals surface area contributed by atoms with Crippen LogP contribution in [0.4, 0.5) is 0 Å². The molecule has 1 atom stereocenters. The lowest BCUT2D eigenvalue weighted by Gasteiger charge is -1.95. The monoisotopic (exact) mass is 162 g/mol. The number of rotatable bonds is 3. The smallest absolute Gasteiger partial charge is 0.133 e. The molecule has 0 amide bonds. The van der Waals surface area contributed by atoms with Gasteiger partial charge in [-0.05, 0) is 31.8 Å². The number of hydrogen-bond donors (Lipinski definition) is 1. The molecule has 64 valence electrons. The molecular formula is C11H14O. The third-order valence-corrected chi connectivity index (χ3v) is 2.00. The van der Waals surface area contributed by atoms with Crippen LogP contribution >= 0.6 is 0 Å². The number of terminal acetylenes is 1. The summed E-state index contributed by atoms with van der Waals surface area (Å²) in [4.78, 5) is 0. The van der Waals surface area contributed by atoms with E-state index < -0.39 is 6.10 Å². The van der Waals surface area contributed by atoms with E-state index in [1.807, 2.05) is 6.08 Å². The second-order valence-electron chi connectivity index (χ2n) is 3.00. The average molecular weight is 162 g/mol. The molecule has 0 saturated heterocycles. The fraction of sp³-hybridized carbons (Fsp3) is 0.455. The van der Waals surface area contributed by atoms with Crippen molar-refractivity contribution in [3.8, 4) is 12.3 Å². The molecule has 0 saturated carbocycles. The standard InChI is InChI=1S/C11H14O/c1-2-11(12)9-5-8-10-6-3-4-7-10/h1,5-6,9,11-12H,3-4,7-8H2/b9-5+. The number of allylic oxidation sites excluding steroid dienone is 3. The second-order valence-corrected chi connectivity index (χ2v) is 3.00. The molecule has 1 heteroatoms. The van der Waals surface area contributed by atoms with Gasteiger partial charge in [-0.2, -0.15) is 0 Å². The first-order chi connectivity index (χ1) is 5.83. The summed E-state index contributed by atoms with van der Waals surface area (Å²) in [6, 6.07) is 0. The van der Waals surface area contributed by atoms with Crippen LogP contribution in [0, 0.1) is 12.3 Å². The molecular weight excluding hydrogens is 148 g/mol. The summed E-state index contributed by atoms with van der Waals surface area (Å²) in [5, 5.41) is 8.99. The van der Waals surface area contributed by atoms with Gasteiger partial charge in [-0.1, -0.05) is 23.6 Å². The molecule has 0 aromatic rings. The summed E-state index contributed by atoms with van der Waals surface area (Å²) in [6.07, 6.45) is 14.8. The molecule has 0 fully saturated rings. The van der Waals surface area contributed by atoms with Crippen molar-refractivity contribution in [2.75, 3.05) is 0 Å². The Morgan fingerprint density at radius 3 is 3.17 bits per heavy atom. The van der Waals surface area contributed by atoms with E-state index in [9.17, 15) is 0 Å². The Hall–Kier alpha value is -1.00. The predicted octanol–water partition coefficient (Wildman–Crippen LogP) is 2.04. The van der Waals surface area contributed by atoms with Crippen LogP contribution in [0.25, 0.3) is 0 Å². The van der Waals surface area contributed by atoms with Gasteiger partial charge in [0.1, 0.15) is 6.10 Å². The van der Waals surface area contributed by atoms with Gasteiger partial charge in [0, 0.05) is 0 Å². The molecule has 1 N–H and O–H groups in total. The molecule has 0 aromatic carbocycles. The fourth-order valence-electron chi connectivity index (χ4n) is 1.33. The molecule has 1 nitrogen and oxygen atoms in total. The molecule has 0 bridgehead atoms. The fourth-order valence-corrected chi connectivity index (χ4v) is 1.33. The van der Waals surface area contributed by atoms with Gasteiger partial charge in [0.15, 0.2) is 0 Å². The zero-order valence-electron chi connectivity index (χ0n) is 7.16. The van der Waals surface area contributed by atoms with Gasteiger partial charge >= 0.3 is 0 Å². The van der Waals surface area contributed by atoms with E-state index in [-0.39, 0.29) is 0 Å². The van der Waals surface area contributed by atoms with Crippen LogP contribution < -0.4 is 0 Å². The van der Waals surface area contributed by atoms with Crippen molar-refractivity contribution in [3.05, 3.63) is 23.8 Å². The molecule has 1 rings (SSSR count). The van der Waals surface area contributed by atoms with E-state index in [0.717, 1.165) is 6.42 Å². The molecule has 0 aromatic heterocycles. The van der Waals surface area contributed by atoms with Gasteiger partial charge in [0.05, 0.1) is 0 Å². The summed E-state index contributed by atoms with van der Waals surface area (Å²) in [6.45, 7) is 0. The third kappa shape index (κ3) is 2.94. The Kier molecular flexibility index (Phi) is 3.63. The lowest BCUT2D eigenvalue weighted by molar-refractivity contribution is 0.280. The van der Waals surface area contributed by atoms with E-state index in [2.05, 4.69) is 12.0 Å². The van der Waals surface area contributed by atoms with Crippen molar-refractivity contribution in [1.82, 2.24) is 0 Å². The van der Waals surface area contributed by atoms with Gasteiger partial charge in [-0.15, -0.1) is 6.42 Å². The van der Waals surface area contributed by atoms with Gasteiger partial charge in [0.2, 0.25) is 0 Å². The van der Waals surface area contributed by atoms with Crippen molar-refractivity contribution in [2.45, 2.75) is 31.8 Å². The number of hydrogen-bond acceptors (Lipinski definition) is 1. The van der Waals surface area contributed by atoms with Crippen LogP contribution in [0.5, 0.6) is 0 Å². The summed E-state index contributed by atoms with van der Waals surface area (Å²) >= 11 is 0. The minimum absolute atomic E-state index is 0.716. The maximum Gasteiger partial charge on any atom is 0.133 e. The maximum atomic E-state index is 8.99. The highest BCUT2D eigenvalue weighted by Gasteiger charge is 2.01. The predicted molar refractivity (Wildman–Crippen MR) is 50.5 cm³/mol. The van der Waals surface area contributed by atoms with Crippen LogP contribution in [-0.4, -0.2) is 11.2 Å². The van der Waals surface area contributed by atoms with Gasteiger partial charge in [-0.25, -0.2) is 0 Å².